The maximum absolute atomic E-state index is 12.4. The maximum atomic E-state index is 12.4. The summed E-state index contributed by atoms with van der Waals surface area (Å²) in [5, 5.41) is 0. The first kappa shape index (κ1) is 9.42. The lowest BCUT2D eigenvalue weighted by atomic mass is 10.3. The van der Waals surface area contributed by atoms with E-state index in [4.69, 9.17) is 4.74 Å². The number of ether oxygens (including phenoxy) is 1. The van der Waals surface area contributed by atoms with Gasteiger partial charge in [0, 0.05) is 0 Å². The minimum absolute atomic E-state index is 0.265. The number of benzene rings is 1. The van der Waals surface area contributed by atoms with Gasteiger partial charge in [-0.3, -0.25) is 0 Å². The van der Waals surface area contributed by atoms with Gasteiger partial charge < -0.3 is 4.74 Å². The molecule has 0 bridgehead atoms. The lowest BCUT2D eigenvalue weighted by Crippen LogP contribution is -2.00. The molecule has 0 aromatic heterocycles. The fourth-order valence-corrected chi connectivity index (χ4v) is 0.786. The van der Waals surface area contributed by atoms with Crippen LogP contribution in [0.5, 0.6) is 5.75 Å². The van der Waals surface area contributed by atoms with Crippen molar-refractivity contribution in [1.29, 1.82) is 0 Å². The molecule has 0 aliphatic rings. The second-order valence-corrected chi connectivity index (χ2v) is 2.28. The van der Waals surface area contributed by atoms with Crippen molar-refractivity contribution in [2.45, 2.75) is 0 Å². The van der Waals surface area contributed by atoms with Crippen LogP contribution in [0.1, 0.15) is 0 Å². The first-order valence-corrected chi connectivity index (χ1v) is 3.75. The molecule has 0 atom stereocenters. The number of isocyanates is 1. The van der Waals surface area contributed by atoms with E-state index in [-0.39, 0.29) is 12.4 Å². The number of carbonyl (C=O) groups excluding carboxylic acids is 1. The summed E-state index contributed by atoms with van der Waals surface area (Å²) >= 11 is 0. The molecule has 0 saturated carbocycles. The Bertz CT molecular complexity index is 304. The highest BCUT2D eigenvalue weighted by atomic mass is 19.1. The van der Waals surface area contributed by atoms with Crippen LogP contribution >= 0.6 is 0 Å². The molecule has 13 heavy (non-hydrogen) atoms. The van der Waals surface area contributed by atoms with Crippen LogP contribution in [0.4, 0.5) is 4.39 Å². The van der Waals surface area contributed by atoms with Gasteiger partial charge in [0.25, 0.3) is 0 Å². The van der Waals surface area contributed by atoms with E-state index >= 15 is 0 Å². The topological polar surface area (TPSA) is 38.7 Å². The summed E-state index contributed by atoms with van der Waals surface area (Å²) in [6, 6.07) is 5.64. The molecule has 0 radical (unpaired) electrons. The van der Waals surface area contributed by atoms with Gasteiger partial charge in [0.1, 0.15) is 18.2 Å². The molecule has 0 N–H and O–H groups in total. The highest BCUT2D eigenvalue weighted by Gasteiger charge is 1.92. The van der Waals surface area contributed by atoms with Crippen LogP contribution in [0.15, 0.2) is 29.3 Å². The molecule has 1 rings (SSSR count). The Hall–Kier alpha value is -1.67. The first-order chi connectivity index (χ1) is 6.33. The number of nitrogens with zero attached hydrogens (tertiary/aromatic N) is 1. The van der Waals surface area contributed by atoms with E-state index in [2.05, 4.69) is 4.99 Å². The smallest absolute Gasteiger partial charge is 0.235 e. The maximum Gasteiger partial charge on any atom is 0.235 e. The molecule has 1 aromatic carbocycles. The number of aliphatic imine (C=N–C) groups is 1. The van der Waals surface area contributed by atoms with Gasteiger partial charge in [-0.05, 0) is 24.3 Å². The SMILES string of the molecule is O=C=NCCOc1ccc(F)cc1. The van der Waals surface area contributed by atoms with E-state index in [9.17, 15) is 9.18 Å². The summed E-state index contributed by atoms with van der Waals surface area (Å²) in [5.41, 5.74) is 0. The van der Waals surface area contributed by atoms with Gasteiger partial charge in [0.2, 0.25) is 6.08 Å². The van der Waals surface area contributed by atoms with Crippen molar-refractivity contribution in [3.05, 3.63) is 30.1 Å². The van der Waals surface area contributed by atoms with Crippen LogP contribution in [0.25, 0.3) is 0 Å². The summed E-state index contributed by atoms with van der Waals surface area (Å²) in [4.78, 5) is 13.0. The fourth-order valence-electron chi connectivity index (χ4n) is 0.786. The molecule has 3 nitrogen and oxygen atoms in total. The molecule has 0 heterocycles. The Morgan fingerprint density at radius 2 is 2.08 bits per heavy atom. The molecular formula is C9H8FNO2. The molecule has 68 valence electrons. The van der Waals surface area contributed by atoms with Crippen LogP contribution in [0.3, 0.4) is 0 Å². The molecule has 0 amide bonds. The summed E-state index contributed by atoms with van der Waals surface area (Å²) in [7, 11) is 0. The van der Waals surface area contributed by atoms with Gasteiger partial charge in [-0.2, -0.15) is 0 Å². The highest BCUT2D eigenvalue weighted by molar-refractivity contribution is 5.32. The third-order valence-electron chi connectivity index (χ3n) is 1.35. The van der Waals surface area contributed by atoms with Crippen molar-refractivity contribution in [2.75, 3.05) is 13.2 Å². The molecule has 0 unspecified atom stereocenters. The van der Waals surface area contributed by atoms with E-state index in [1.54, 1.807) is 0 Å². The van der Waals surface area contributed by atoms with E-state index in [1.165, 1.54) is 30.3 Å². The van der Waals surface area contributed by atoms with Crippen molar-refractivity contribution < 1.29 is 13.9 Å². The number of hydrogen-bond acceptors (Lipinski definition) is 3. The first-order valence-electron chi connectivity index (χ1n) is 3.75. The zero-order chi connectivity index (χ0) is 9.52. The summed E-state index contributed by atoms with van der Waals surface area (Å²) in [5.74, 6) is 0.251. The molecule has 4 heteroatoms. The Kier molecular flexibility index (Phi) is 3.67. The van der Waals surface area contributed by atoms with E-state index in [1.807, 2.05) is 0 Å². The van der Waals surface area contributed by atoms with Crippen LogP contribution in [0.2, 0.25) is 0 Å². The molecular weight excluding hydrogens is 173 g/mol. The monoisotopic (exact) mass is 181 g/mol. The van der Waals surface area contributed by atoms with Gasteiger partial charge in [0.05, 0.1) is 6.54 Å². The second kappa shape index (κ2) is 5.06. The van der Waals surface area contributed by atoms with E-state index < -0.39 is 0 Å². The molecule has 0 aliphatic heterocycles. The summed E-state index contributed by atoms with van der Waals surface area (Å²) < 4.78 is 17.5. The Morgan fingerprint density at radius 1 is 1.38 bits per heavy atom. The summed E-state index contributed by atoms with van der Waals surface area (Å²) in [6.45, 7) is 0.557. The fraction of sp³-hybridized carbons (Fsp3) is 0.222. The zero-order valence-corrected chi connectivity index (χ0v) is 6.87. The van der Waals surface area contributed by atoms with Crippen molar-refractivity contribution in [3.63, 3.8) is 0 Å². The van der Waals surface area contributed by atoms with Crippen molar-refractivity contribution in [3.8, 4) is 5.75 Å². The molecule has 0 spiro atoms. The second-order valence-electron chi connectivity index (χ2n) is 2.28. The number of halogens is 1. The molecule has 0 aliphatic carbocycles. The van der Waals surface area contributed by atoms with Gasteiger partial charge in [-0.25, -0.2) is 14.2 Å². The summed E-state index contributed by atoms with van der Waals surface area (Å²) in [6.07, 6.45) is 1.40. The van der Waals surface area contributed by atoms with Crippen molar-refractivity contribution in [1.82, 2.24) is 0 Å². The Morgan fingerprint density at radius 3 is 2.69 bits per heavy atom. The average molecular weight is 181 g/mol. The third-order valence-corrected chi connectivity index (χ3v) is 1.35. The predicted molar refractivity (Wildman–Crippen MR) is 44.9 cm³/mol. The largest absolute Gasteiger partial charge is 0.492 e. The third kappa shape index (κ3) is 3.49. The normalized spacial score (nSPS) is 9.00. The van der Waals surface area contributed by atoms with Gasteiger partial charge in [-0.1, -0.05) is 0 Å². The zero-order valence-electron chi connectivity index (χ0n) is 6.87. The van der Waals surface area contributed by atoms with Crippen LogP contribution in [0, 0.1) is 5.82 Å². The van der Waals surface area contributed by atoms with Crippen molar-refractivity contribution in [2.24, 2.45) is 4.99 Å². The van der Waals surface area contributed by atoms with Crippen LogP contribution in [-0.2, 0) is 4.79 Å². The number of rotatable bonds is 4. The van der Waals surface area contributed by atoms with Gasteiger partial charge >= 0.3 is 0 Å². The standard InChI is InChI=1S/C9H8FNO2/c10-8-1-3-9(4-2-8)13-6-5-11-7-12/h1-4H,5-6H2. The van der Waals surface area contributed by atoms with E-state index in [0.29, 0.717) is 12.4 Å². The quantitative estimate of drug-likeness (QED) is 0.401. The Labute approximate surface area is 74.9 Å². The van der Waals surface area contributed by atoms with E-state index in [0.717, 1.165) is 0 Å². The van der Waals surface area contributed by atoms with Crippen LogP contribution < -0.4 is 4.74 Å². The van der Waals surface area contributed by atoms with Gasteiger partial charge in [0.15, 0.2) is 0 Å². The Balaban J connectivity index is 2.37. The van der Waals surface area contributed by atoms with Gasteiger partial charge in [-0.15, -0.1) is 0 Å². The minimum atomic E-state index is -0.307. The number of hydrogen-bond donors (Lipinski definition) is 0. The minimum Gasteiger partial charge on any atom is -0.492 e. The molecule has 0 fully saturated rings. The van der Waals surface area contributed by atoms with Crippen LogP contribution in [-0.4, -0.2) is 19.2 Å². The lowest BCUT2D eigenvalue weighted by Gasteiger charge is -2.02. The molecule has 0 saturated heterocycles. The predicted octanol–water partition coefficient (Wildman–Crippen LogP) is 1.54. The van der Waals surface area contributed by atoms with Crippen molar-refractivity contribution >= 4 is 6.08 Å². The molecule has 1 aromatic rings. The lowest BCUT2D eigenvalue weighted by molar-refractivity contribution is 0.328. The highest BCUT2D eigenvalue weighted by Crippen LogP contribution is 2.10. The average Bonchev–Trinajstić information content (AvgIpc) is 2.15.